The summed E-state index contributed by atoms with van der Waals surface area (Å²) >= 11 is 1.28. The van der Waals surface area contributed by atoms with Crippen LogP contribution in [0.15, 0.2) is 35.4 Å². The highest BCUT2D eigenvalue weighted by Gasteiger charge is 2.41. The van der Waals surface area contributed by atoms with E-state index in [1.807, 2.05) is 36.4 Å². The first kappa shape index (κ1) is 21.2. The maximum atomic E-state index is 14.1. The van der Waals surface area contributed by atoms with Gasteiger partial charge >= 0.3 is 6.18 Å². The Hall–Kier alpha value is -2.04. The molecule has 0 saturated carbocycles. The van der Waals surface area contributed by atoms with E-state index in [1.165, 1.54) is 24.6 Å². The van der Waals surface area contributed by atoms with Crippen molar-refractivity contribution in [1.82, 2.24) is 9.88 Å². The topological polar surface area (TPSA) is 39.9 Å². The van der Waals surface area contributed by atoms with Gasteiger partial charge in [0, 0.05) is 18.0 Å². The van der Waals surface area contributed by atoms with Gasteiger partial charge in [0.25, 0.3) is 0 Å². The van der Waals surface area contributed by atoms with E-state index in [0.717, 1.165) is 31.6 Å². The fourth-order valence-electron chi connectivity index (χ4n) is 4.54. The Balaban J connectivity index is 1.65. The van der Waals surface area contributed by atoms with Gasteiger partial charge in [0.1, 0.15) is 11.1 Å². The molecule has 2 aliphatic rings. The third-order valence-corrected chi connectivity index (χ3v) is 7.00. The molecule has 0 spiro atoms. The number of thioether (sulfide) groups is 1. The van der Waals surface area contributed by atoms with Gasteiger partial charge < -0.3 is 4.90 Å². The molecule has 1 aromatic carbocycles. The fraction of sp³-hybridized carbons (Fsp3) is 0.478. The number of nitrogens with zero attached hydrogens (tertiary/aromatic N) is 3. The van der Waals surface area contributed by atoms with Crippen molar-refractivity contribution < 1.29 is 13.2 Å². The van der Waals surface area contributed by atoms with Crippen LogP contribution in [0.4, 0.5) is 13.2 Å². The second-order valence-electron chi connectivity index (χ2n) is 7.95. The Morgan fingerprint density at radius 2 is 1.90 bits per heavy atom. The molecule has 1 saturated heterocycles. The first-order chi connectivity index (χ1) is 14.5. The maximum Gasteiger partial charge on any atom is 0.418 e. The van der Waals surface area contributed by atoms with Crippen LogP contribution in [0.2, 0.25) is 0 Å². The number of nitriles is 1. The molecule has 1 aliphatic heterocycles. The Bertz CT molecular complexity index is 931. The molecule has 1 aliphatic carbocycles. The average Bonchev–Trinajstić information content (AvgIpc) is 3.26. The first-order valence-electron chi connectivity index (χ1n) is 10.4. The second kappa shape index (κ2) is 8.99. The number of hydrogen-bond acceptors (Lipinski definition) is 4. The highest BCUT2D eigenvalue weighted by molar-refractivity contribution is 7.99. The number of halogens is 3. The van der Waals surface area contributed by atoms with Crippen LogP contribution < -0.4 is 0 Å². The van der Waals surface area contributed by atoms with Gasteiger partial charge in [-0.1, -0.05) is 30.3 Å². The maximum absolute atomic E-state index is 14.1. The smallest absolute Gasteiger partial charge is 0.303 e. The lowest BCUT2D eigenvalue weighted by molar-refractivity contribution is -0.138. The number of benzene rings is 1. The number of rotatable bonds is 5. The Morgan fingerprint density at radius 3 is 2.57 bits per heavy atom. The van der Waals surface area contributed by atoms with Crippen LogP contribution in [0.5, 0.6) is 0 Å². The van der Waals surface area contributed by atoms with Crippen molar-refractivity contribution in [2.24, 2.45) is 0 Å². The molecule has 3 nitrogen and oxygen atoms in total. The third kappa shape index (κ3) is 4.50. The minimum Gasteiger partial charge on any atom is -0.303 e. The quantitative estimate of drug-likeness (QED) is 0.592. The summed E-state index contributed by atoms with van der Waals surface area (Å²) in [6, 6.07) is 11.5. The number of fused-ring (bicyclic) bond motifs is 1. The zero-order valence-corrected chi connectivity index (χ0v) is 17.5. The van der Waals surface area contributed by atoms with Crippen LogP contribution in [0, 0.1) is 11.3 Å². The van der Waals surface area contributed by atoms with Gasteiger partial charge in [-0.05, 0) is 62.2 Å². The summed E-state index contributed by atoms with van der Waals surface area (Å²) in [7, 11) is 0. The molecular formula is C23H24F3N3S. The molecule has 158 valence electrons. The van der Waals surface area contributed by atoms with Crippen LogP contribution in [0.25, 0.3) is 0 Å². The molecule has 0 bridgehead atoms. The van der Waals surface area contributed by atoms with Gasteiger partial charge in [0.05, 0.1) is 11.1 Å². The van der Waals surface area contributed by atoms with E-state index in [9.17, 15) is 18.4 Å². The predicted molar refractivity (Wildman–Crippen MR) is 112 cm³/mol. The van der Waals surface area contributed by atoms with Crippen LogP contribution in [-0.2, 0) is 19.0 Å². The standard InChI is InChI=1S/C23H24F3N3S/c24-23(25,26)21-18-14-17(16-6-2-1-3-7-16)8-9-20(18)28-22(19(21)15-27)30-13-12-29-10-4-5-11-29/h1-3,6-7,17H,4-5,8-14H2/t17-/m0/s1. The highest BCUT2D eigenvalue weighted by atomic mass is 32.2. The molecular weight excluding hydrogens is 407 g/mol. The van der Waals surface area contributed by atoms with Crippen molar-refractivity contribution in [3.8, 4) is 6.07 Å². The number of likely N-dealkylation sites (tertiary alicyclic amines) is 1. The average molecular weight is 432 g/mol. The lowest BCUT2D eigenvalue weighted by Gasteiger charge is -2.28. The van der Waals surface area contributed by atoms with Crippen molar-refractivity contribution >= 4 is 11.8 Å². The molecule has 1 aromatic heterocycles. The molecule has 7 heteroatoms. The predicted octanol–water partition coefficient (Wildman–Crippen LogP) is 5.43. The zero-order valence-electron chi connectivity index (χ0n) is 16.7. The van der Waals surface area contributed by atoms with Crippen LogP contribution in [0.1, 0.15) is 53.1 Å². The molecule has 0 unspecified atom stereocenters. The fourth-order valence-corrected chi connectivity index (χ4v) is 5.55. The first-order valence-corrected chi connectivity index (χ1v) is 11.4. The van der Waals surface area contributed by atoms with Crippen LogP contribution >= 0.6 is 11.8 Å². The van der Waals surface area contributed by atoms with Gasteiger partial charge in [-0.3, -0.25) is 0 Å². The summed E-state index contributed by atoms with van der Waals surface area (Å²) < 4.78 is 42.3. The van der Waals surface area contributed by atoms with Crippen molar-refractivity contribution in [3.05, 3.63) is 58.3 Å². The van der Waals surface area contributed by atoms with E-state index in [2.05, 4.69) is 9.88 Å². The molecule has 0 amide bonds. The van der Waals surface area contributed by atoms with E-state index < -0.39 is 11.7 Å². The summed E-state index contributed by atoms with van der Waals surface area (Å²) in [5.41, 5.74) is 0.694. The summed E-state index contributed by atoms with van der Waals surface area (Å²) in [6.45, 7) is 2.89. The van der Waals surface area contributed by atoms with Gasteiger partial charge in [0.2, 0.25) is 0 Å². The molecule has 1 atom stereocenters. The Morgan fingerprint density at radius 1 is 1.17 bits per heavy atom. The van der Waals surface area contributed by atoms with E-state index in [4.69, 9.17) is 0 Å². The second-order valence-corrected chi connectivity index (χ2v) is 9.03. The van der Waals surface area contributed by atoms with Crippen LogP contribution in [0.3, 0.4) is 0 Å². The number of aryl methyl sites for hydroxylation is 1. The third-order valence-electron chi connectivity index (χ3n) is 6.04. The molecule has 30 heavy (non-hydrogen) atoms. The zero-order chi connectivity index (χ0) is 21.1. The minimum absolute atomic E-state index is 0.0156. The van der Waals surface area contributed by atoms with E-state index in [0.29, 0.717) is 17.9 Å². The molecule has 4 rings (SSSR count). The van der Waals surface area contributed by atoms with Crippen molar-refractivity contribution in [2.45, 2.75) is 49.2 Å². The summed E-state index contributed by atoms with van der Waals surface area (Å²) in [6.07, 6.45) is -0.679. The van der Waals surface area contributed by atoms with Crippen molar-refractivity contribution in [2.75, 3.05) is 25.4 Å². The molecule has 0 N–H and O–H groups in total. The minimum atomic E-state index is -4.57. The lowest BCUT2D eigenvalue weighted by atomic mass is 9.79. The Kier molecular flexibility index (Phi) is 6.35. The Labute approximate surface area is 179 Å². The monoisotopic (exact) mass is 431 g/mol. The largest absolute Gasteiger partial charge is 0.418 e. The molecule has 2 aromatic rings. The van der Waals surface area contributed by atoms with Gasteiger partial charge in [-0.2, -0.15) is 18.4 Å². The van der Waals surface area contributed by atoms with Crippen molar-refractivity contribution in [3.63, 3.8) is 0 Å². The summed E-state index contributed by atoms with van der Waals surface area (Å²) in [5, 5.41) is 9.88. The number of aromatic nitrogens is 1. The number of alkyl halides is 3. The summed E-state index contributed by atoms with van der Waals surface area (Å²) in [4.78, 5) is 6.88. The summed E-state index contributed by atoms with van der Waals surface area (Å²) in [5.74, 6) is 0.659. The van der Waals surface area contributed by atoms with Gasteiger partial charge in [-0.25, -0.2) is 4.98 Å². The normalized spacial score (nSPS) is 19.5. The van der Waals surface area contributed by atoms with Crippen molar-refractivity contribution in [1.29, 1.82) is 5.26 Å². The SMILES string of the molecule is N#Cc1c(SCCN2CCCC2)nc2c(c1C(F)(F)F)C[C@@H](c1ccccc1)CC2. The molecule has 1 fully saturated rings. The number of hydrogen-bond donors (Lipinski definition) is 0. The van der Waals surface area contributed by atoms with E-state index in [1.54, 1.807) is 0 Å². The van der Waals surface area contributed by atoms with Gasteiger partial charge in [0.15, 0.2) is 0 Å². The van der Waals surface area contributed by atoms with Crippen LogP contribution in [-0.4, -0.2) is 35.3 Å². The van der Waals surface area contributed by atoms with E-state index in [-0.39, 0.29) is 28.5 Å². The van der Waals surface area contributed by atoms with E-state index >= 15 is 0 Å². The number of pyridine rings is 1. The van der Waals surface area contributed by atoms with Gasteiger partial charge in [-0.15, -0.1) is 11.8 Å². The lowest BCUT2D eigenvalue weighted by Crippen LogP contribution is -2.23. The molecule has 2 heterocycles. The molecule has 0 radical (unpaired) electrons. The highest BCUT2D eigenvalue weighted by Crippen LogP contribution is 2.43.